The van der Waals surface area contributed by atoms with Gasteiger partial charge < -0.3 is 20.0 Å². The number of fused-ring (bicyclic) bond motifs is 1. The molecular weight excluding hydrogens is 312 g/mol. The normalized spacial score (nSPS) is 29.1. The zero-order chi connectivity index (χ0) is 16.1. The van der Waals surface area contributed by atoms with E-state index in [0.29, 0.717) is 9.23 Å². The van der Waals surface area contributed by atoms with Gasteiger partial charge in [0, 0.05) is 24.9 Å². The Morgan fingerprint density at radius 3 is 2.48 bits per heavy atom. The summed E-state index contributed by atoms with van der Waals surface area (Å²) in [6.07, 6.45) is -0.790. The zero-order valence-electron chi connectivity index (χ0n) is 12.2. The van der Waals surface area contributed by atoms with Gasteiger partial charge in [-0.25, -0.2) is 4.79 Å². The smallest absolute Gasteiger partial charge is 0.353 e. The van der Waals surface area contributed by atoms with Crippen molar-refractivity contribution in [2.45, 2.75) is 26.0 Å². The van der Waals surface area contributed by atoms with Crippen molar-refractivity contribution in [3.8, 4) is 0 Å². The minimum Gasteiger partial charge on any atom is -0.477 e. The summed E-state index contributed by atoms with van der Waals surface area (Å²) in [6.45, 7) is 3.43. The molecule has 4 atom stereocenters. The molecule has 1 amide bonds. The molecule has 0 unspecified atom stereocenters. The number of hydrogen-bond donors (Lipinski definition) is 2. The number of carboxylic acids is 1. The monoisotopic (exact) mass is 330 g/mol. The van der Waals surface area contributed by atoms with E-state index in [4.69, 9.17) is 12.2 Å². The molecule has 2 N–H and O–H groups in total. The molecular formula is C13H18N2O4S2. The molecule has 1 saturated heterocycles. The maximum atomic E-state index is 12.1. The number of hydrogen-bond acceptors (Lipinski definition) is 5. The van der Waals surface area contributed by atoms with Gasteiger partial charge in [-0.15, -0.1) is 0 Å². The number of thioether (sulfide) groups is 1. The minimum atomic E-state index is -1.13. The Hall–Kier alpha value is -1.12. The first kappa shape index (κ1) is 16.3. The number of carbonyl (C=O) groups excluding carboxylic acids is 1. The van der Waals surface area contributed by atoms with Crippen molar-refractivity contribution in [3.63, 3.8) is 0 Å². The van der Waals surface area contributed by atoms with Crippen LogP contribution < -0.4 is 0 Å². The number of nitrogens with zero attached hydrogens (tertiary/aromatic N) is 2. The van der Waals surface area contributed by atoms with E-state index in [2.05, 4.69) is 0 Å². The summed E-state index contributed by atoms with van der Waals surface area (Å²) in [5.41, 5.74) is 0.00333. The molecule has 21 heavy (non-hydrogen) atoms. The van der Waals surface area contributed by atoms with E-state index in [-0.39, 0.29) is 23.6 Å². The van der Waals surface area contributed by atoms with Gasteiger partial charge in [-0.3, -0.25) is 4.79 Å². The number of aliphatic carboxylic acids is 1. The van der Waals surface area contributed by atoms with Crippen LogP contribution in [0.2, 0.25) is 0 Å². The van der Waals surface area contributed by atoms with Crippen LogP contribution in [0.15, 0.2) is 10.6 Å². The lowest BCUT2D eigenvalue weighted by atomic mass is 9.79. The van der Waals surface area contributed by atoms with Gasteiger partial charge in [-0.1, -0.05) is 30.9 Å². The lowest BCUT2D eigenvalue weighted by Gasteiger charge is -2.46. The molecule has 6 nitrogen and oxygen atoms in total. The van der Waals surface area contributed by atoms with Crippen LogP contribution >= 0.6 is 24.0 Å². The molecule has 0 spiro atoms. The van der Waals surface area contributed by atoms with Gasteiger partial charge in [0.25, 0.3) is 0 Å². The van der Waals surface area contributed by atoms with Crippen LogP contribution in [0, 0.1) is 11.8 Å². The molecule has 0 aromatic rings. The fourth-order valence-corrected chi connectivity index (χ4v) is 4.09. The van der Waals surface area contributed by atoms with Crippen molar-refractivity contribution in [2.75, 3.05) is 14.1 Å². The van der Waals surface area contributed by atoms with Gasteiger partial charge >= 0.3 is 5.97 Å². The average Bonchev–Trinajstić information content (AvgIpc) is 2.59. The van der Waals surface area contributed by atoms with Crippen LogP contribution in [0.25, 0.3) is 0 Å². The number of thiocarbonyl (C=S) groups is 1. The Balaban J connectivity index is 2.36. The highest BCUT2D eigenvalue weighted by molar-refractivity contribution is 8.25. The van der Waals surface area contributed by atoms with Gasteiger partial charge in [-0.2, -0.15) is 0 Å². The molecule has 0 saturated carbocycles. The molecule has 2 heterocycles. The molecule has 2 rings (SSSR count). The van der Waals surface area contributed by atoms with Gasteiger partial charge in [0.05, 0.1) is 18.1 Å². The second-order valence-electron chi connectivity index (χ2n) is 5.53. The van der Waals surface area contributed by atoms with Gasteiger partial charge in [-0.05, 0) is 6.92 Å². The van der Waals surface area contributed by atoms with E-state index in [9.17, 15) is 19.8 Å². The average molecular weight is 330 g/mol. The van der Waals surface area contributed by atoms with E-state index >= 15 is 0 Å². The molecule has 0 bridgehead atoms. The zero-order valence-corrected chi connectivity index (χ0v) is 13.9. The molecule has 116 valence electrons. The second kappa shape index (κ2) is 5.58. The maximum Gasteiger partial charge on any atom is 0.353 e. The molecule has 1 fully saturated rings. The summed E-state index contributed by atoms with van der Waals surface area (Å²) in [4.78, 5) is 27.3. The number of carboxylic acid groups (broad SMARTS) is 1. The lowest BCUT2D eigenvalue weighted by molar-refractivity contribution is -0.163. The summed E-state index contributed by atoms with van der Waals surface area (Å²) in [5, 5.41) is 19.2. The second-order valence-corrected chi connectivity index (χ2v) is 7.21. The predicted octanol–water partition coefficient (Wildman–Crippen LogP) is 0.720. The number of aliphatic hydroxyl groups is 1. The molecule has 0 radical (unpaired) electrons. The van der Waals surface area contributed by atoms with Crippen LogP contribution in [-0.2, 0) is 9.59 Å². The standard InChI is InChI=1S/C13H18N2O4S2/c1-5-8-7(6(2)16)11(17)15(8)9(12(18)19)10(5)21-13(20)14(3)4/h5-8,16H,1-4H3,(H,18,19)/t5-,6-,7-,8-/m1/s1. The van der Waals surface area contributed by atoms with E-state index in [1.54, 1.807) is 25.9 Å². The van der Waals surface area contributed by atoms with E-state index in [0.717, 1.165) is 0 Å². The highest BCUT2D eigenvalue weighted by Crippen LogP contribution is 2.50. The largest absolute Gasteiger partial charge is 0.477 e. The number of rotatable bonds is 3. The molecule has 0 aromatic carbocycles. The third-order valence-electron chi connectivity index (χ3n) is 3.87. The summed E-state index contributed by atoms with van der Waals surface area (Å²) < 4.78 is 0.541. The minimum absolute atomic E-state index is 0.00333. The quantitative estimate of drug-likeness (QED) is 0.583. The predicted molar refractivity (Wildman–Crippen MR) is 83.5 cm³/mol. The van der Waals surface area contributed by atoms with Crippen LogP contribution in [0.4, 0.5) is 0 Å². The number of aliphatic hydroxyl groups excluding tert-OH is 1. The first-order chi connectivity index (χ1) is 9.68. The van der Waals surface area contributed by atoms with Crippen molar-refractivity contribution >= 4 is 40.2 Å². The Labute approximate surface area is 132 Å². The first-order valence-corrected chi connectivity index (χ1v) is 7.78. The maximum absolute atomic E-state index is 12.1. The van der Waals surface area contributed by atoms with Gasteiger partial charge in [0.2, 0.25) is 5.91 Å². The summed E-state index contributed by atoms with van der Waals surface area (Å²) in [5.74, 6) is -2.16. The van der Waals surface area contributed by atoms with Crippen molar-refractivity contribution in [3.05, 3.63) is 10.6 Å². The van der Waals surface area contributed by atoms with Crippen LogP contribution in [-0.4, -0.2) is 62.5 Å². The van der Waals surface area contributed by atoms with E-state index in [1.165, 1.54) is 16.7 Å². The fourth-order valence-electron chi connectivity index (χ4n) is 2.84. The summed E-state index contributed by atoms with van der Waals surface area (Å²) in [6, 6.07) is -0.295. The van der Waals surface area contributed by atoms with Gasteiger partial charge in [0.15, 0.2) is 0 Å². The summed E-state index contributed by atoms with van der Waals surface area (Å²) >= 11 is 6.43. The Kier molecular flexibility index (Phi) is 4.32. The summed E-state index contributed by atoms with van der Waals surface area (Å²) in [7, 11) is 3.57. The highest BCUT2D eigenvalue weighted by Gasteiger charge is 2.60. The van der Waals surface area contributed by atoms with Crippen molar-refractivity contribution in [1.82, 2.24) is 9.80 Å². The van der Waals surface area contributed by atoms with Crippen molar-refractivity contribution in [2.24, 2.45) is 11.8 Å². The SMILES string of the molecule is C[C@@H](O)[C@H]1C(=O)N2C(C(=O)O)=C(SC(=S)N(C)C)[C@H](C)[C@H]12. The molecule has 0 aliphatic carbocycles. The molecule has 2 aliphatic rings. The number of carbonyl (C=O) groups is 2. The Morgan fingerprint density at radius 2 is 2.05 bits per heavy atom. The van der Waals surface area contributed by atoms with E-state index in [1.807, 2.05) is 6.92 Å². The third kappa shape index (κ3) is 2.45. The number of amides is 1. The topological polar surface area (TPSA) is 81.1 Å². The molecule has 2 aliphatic heterocycles. The van der Waals surface area contributed by atoms with Gasteiger partial charge in [0.1, 0.15) is 10.0 Å². The van der Waals surface area contributed by atoms with E-state index < -0.39 is 18.0 Å². The lowest BCUT2D eigenvalue weighted by Crippen LogP contribution is -2.63. The fraction of sp³-hybridized carbons (Fsp3) is 0.615. The van der Waals surface area contributed by atoms with Crippen molar-refractivity contribution < 1.29 is 19.8 Å². The molecule has 0 aromatic heterocycles. The highest BCUT2D eigenvalue weighted by atomic mass is 32.2. The van der Waals surface area contributed by atoms with Crippen LogP contribution in [0.1, 0.15) is 13.8 Å². The Bertz CT molecular complexity index is 544. The van der Waals surface area contributed by atoms with Crippen LogP contribution in [0.5, 0.6) is 0 Å². The first-order valence-electron chi connectivity index (χ1n) is 6.56. The Morgan fingerprint density at radius 1 is 1.48 bits per heavy atom. The third-order valence-corrected chi connectivity index (χ3v) is 5.81. The molecule has 8 heteroatoms. The number of β-lactam (4-membered cyclic amide) rings is 1. The van der Waals surface area contributed by atoms with Crippen LogP contribution in [0.3, 0.4) is 0 Å². The van der Waals surface area contributed by atoms with Crippen molar-refractivity contribution in [1.29, 1.82) is 0 Å².